The summed E-state index contributed by atoms with van der Waals surface area (Å²) in [5.74, 6) is 0.627. The molecule has 1 N–H and O–H groups in total. The molecule has 0 aromatic heterocycles. The van der Waals surface area contributed by atoms with Crippen LogP contribution in [0.2, 0.25) is 0 Å². The van der Waals surface area contributed by atoms with Crippen molar-refractivity contribution in [2.24, 2.45) is 11.3 Å². The summed E-state index contributed by atoms with van der Waals surface area (Å²) in [6, 6.07) is 0. The number of hydrogen-bond acceptors (Lipinski definition) is 2. The molecule has 0 aromatic rings. The second-order valence-electron chi connectivity index (χ2n) is 4.43. The molecule has 2 nitrogen and oxygen atoms in total. The van der Waals surface area contributed by atoms with Crippen molar-refractivity contribution in [3.63, 3.8) is 0 Å². The summed E-state index contributed by atoms with van der Waals surface area (Å²) in [5, 5.41) is 3.34. The first-order valence-electron chi connectivity index (χ1n) is 5.37. The number of rotatable bonds is 3. The Morgan fingerprint density at radius 1 is 1.54 bits per heavy atom. The minimum absolute atomic E-state index is 0.0492. The molecule has 13 heavy (non-hydrogen) atoms. The fourth-order valence-corrected chi connectivity index (χ4v) is 2.27. The van der Waals surface area contributed by atoms with Crippen LogP contribution in [-0.4, -0.2) is 18.9 Å². The second-order valence-corrected chi connectivity index (χ2v) is 4.43. The molecule has 1 aliphatic heterocycles. The minimum atomic E-state index is -0.0492. The molecule has 1 atom stereocenters. The van der Waals surface area contributed by atoms with Gasteiger partial charge in [-0.1, -0.05) is 20.8 Å². The van der Waals surface area contributed by atoms with Crippen LogP contribution in [0, 0.1) is 11.3 Å². The van der Waals surface area contributed by atoms with Crippen LogP contribution in [0.4, 0.5) is 0 Å². The lowest BCUT2D eigenvalue weighted by Gasteiger charge is -2.36. The fourth-order valence-electron chi connectivity index (χ4n) is 2.27. The number of carbonyl (C=O) groups excluding carboxylic acids is 1. The summed E-state index contributed by atoms with van der Waals surface area (Å²) >= 11 is 0. The Kier molecular flexibility index (Phi) is 3.48. The fraction of sp³-hybridized carbons (Fsp3) is 0.909. The topological polar surface area (TPSA) is 29.1 Å². The van der Waals surface area contributed by atoms with Crippen LogP contribution in [0.25, 0.3) is 0 Å². The zero-order chi connectivity index (χ0) is 9.90. The van der Waals surface area contributed by atoms with Gasteiger partial charge in [-0.05, 0) is 25.8 Å². The van der Waals surface area contributed by atoms with E-state index in [2.05, 4.69) is 12.2 Å². The molecular weight excluding hydrogens is 162 g/mol. The van der Waals surface area contributed by atoms with Crippen LogP contribution >= 0.6 is 0 Å². The largest absolute Gasteiger partial charge is 0.316 e. The zero-order valence-electron chi connectivity index (χ0n) is 9.02. The Morgan fingerprint density at radius 2 is 2.23 bits per heavy atom. The number of carbonyl (C=O) groups is 1. The van der Waals surface area contributed by atoms with Gasteiger partial charge >= 0.3 is 0 Å². The standard InChI is InChI=1S/C11H21NO/c1-4-11(10(13)9(2)3)6-5-7-12-8-11/h9,12H,4-8H2,1-3H3. The molecule has 0 saturated carbocycles. The molecular formula is C11H21NO. The highest BCUT2D eigenvalue weighted by molar-refractivity contribution is 5.86. The van der Waals surface area contributed by atoms with Gasteiger partial charge in [0.25, 0.3) is 0 Å². The Morgan fingerprint density at radius 3 is 2.62 bits per heavy atom. The predicted octanol–water partition coefficient (Wildman–Crippen LogP) is 1.99. The quantitative estimate of drug-likeness (QED) is 0.725. The first-order valence-corrected chi connectivity index (χ1v) is 5.37. The number of nitrogens with one attached hydrogen (secondary N) is 1. The lowest BCUT2D eigenvalue weighted by Crippen LogP contribution is -2.46. The summed E-state index contributed by atoms with van der Waals surface area (Å²) in [6.45, 7) is 8.11. The Bertz CT molecular complexity index is 181. The third kappa shape index (κ3) is 2.11. The van der Waals surface area contributed by atoms with E-state index in [0.717, 1.165) is 32.4 Å². The maximum atomic E-state index is 12.0. The van der Waals surface area contributed by atoms with Crippen molar-refractivity contribution < 1.29 is 4.79 Å². The van der Waals surface area contributed by atoms with E-state index >= 15 is 0 Å². The molecule has 0 aliphatic carbocycles. The number of Topliss-reactive ketones (excluding diaryl/α,β-unsaturated/α-hetero) is 1. The van der Waals surface area contributed by atoms with Gasteiger partial charge in [-0.15, -0.1) is 0 Å². The van der Waals surface area contributed by atoms with Crippen molar-refractivity contribution in [2.45, 2.75) is 40.0 Å². The van der Waals surface area contributed by atoms with E-state index in [0.29, 0.717) is 5.78 Å². The third-order valence-corrected chi connectivity index (χ3v) is 3.20. The molecule has 1 saturated heterocycles. The van der Waals surface area contributed by atoms with Gasteiger partial charge < -0.3 is 5.32 Å². The van der Waals surface area contributed by atoms with E-state index in [9.17, 15) is 4.79 Å². The monoisotopic (exact) mass is 183 g/mol. The van der Waals surface area contributed by atoms with Gasteiger partial charge in [0.05, 0.1) is 0 Å². The average Bonchev–Trinajstić information content (AvgIpc) is 2.17. The zero-order valence-corrected chi connectivity index (χ0v) is 9.02. The number of hydrogen-bond donors (Lipinski definition) is 1. The summed E-state index contributed by atoms with van der Waals surface area (Å²) in [7, 11) is 0. The van der Waals surface area contributed by atoms with Gasteiger partial charge in [0.15, 0.2) is 0 Å². The van der Waals surface area contributed by atoms with Gasteiger partial charge in [-0.25, -0.2) is 0 Å². The Balaban J connectivity index is 2.72. The third-order valence-electron chi connectivity index (χ3n) is 3.20. The van der Waals surface area contributed by atoms with Crippen molar-refractivity contribution >= 4 is 5.78 Å². The first-order chi connectivity index (χ1) is 6.12. The second kappa shape index (κ2) is 4.23. The van der Waals surface area contributed by atoms with Crippen LogP contribution in [0.3, 0.4) is 0 Å². The van der Waals surface area contributed by atoms with Gasteiger partial charge in [0, 0.05) is 17.9 Å². The molecule has 2 heteroatoms. The van der Waals surface area contributed by atoms with Crippen LogP contribution in [0.5, 0.6) is 0 Å². The molecule has 1 fully saturated rings. The van der Waals surface area contributed by atoms with Crippen LogP contribution in [-0.2, 0) is 4.79 Å². The lowest BCUT2D eigenvalue weighted by atomic mass is 9.71. The average molecular weight is 183 g/mol. The lowest BCUT2D eigenvalue weighted by molar-refractivity contribution is -0.133. The molecule has 76 valence electrons. The number of ketones is 1. The molecule has 0 aromatic carbocycles. The van der Waals surface area contributed by atoms with E-state index < -0.39 is 0 Å². The van der Waals surface area contributed by atoms with Gasteiger partial charge in [0.2, 0.25) is 0 Å². The van der Waals surface area contributed by atoms with Crippen molar-refractivity contribution in [3.8, 4) is 0 Å². The number of piperidine rings is 1. The van der Waals surface area contributed by atoms with E-state index in [1.165, 1.54) is 0 Å². The molecule has 0 radical (unpaired) electrons. The normalized spacial score (nSPS) is 29.2. The van der Waals surface area contributed by atoms with E-state index in [1.807, 2.05) is 13.8 Å². The highest BCUT2D eigenvalue weighted by Crippen LogP contribution is 2.33. The van der Waals surface area contributed by atoms with Gasteiger partial charge in [-0.3, -0.25) is 4.79 Å². The predicted molar refractivity (Wildman–Crippen MR) is 54.7 cm³/mol. The molecule has 0 spiro atoms. The maximum absolute atomic E-state index is 12.0. The molecule has 1 aliphatic rings. The van der Waals surface area contributed by atoms with Crippen molar-refractivity contribution in [2.75, 3.05) is 13.1 Å². The summed E-state index contributed by atoms with van der Waals surface area (Å²) in [5.41, 5.74) is -0.0492. The van der Waals surface area contributed by atoms with Crippen LogP contribution < -0.4 is 5.32 Å². The smallest absolute Gasteiger partial charge is 0.142 e. The van der Waals surface area contributed by atoms with Gasteiger partial charge in [0.1, 0.15) is 5.78 Å². The Hall–Kier alpha value is -0.370. The molecule has 1 unspecified atom stereocenters. The van der Waals surface area contributed by atoms with E-state index in [-0.39, 0.29) is 11.3 Å². The van der Waals surface area contributed by atoms with Crippen molar-refractivity contribution in [3.05, 3.63) is 0 Å². The molecule has 0 bridgehead atoms. The van der Waals surface area contributed by atoms with Crippen LogP contribution in [0.1, 0.15) is 40.0 Å². The molecule has 0 amide bonds. The summed E-state index contributed by atoms with van der Waals surface area (Å²) < 4.78 is 0. The summed E-state index contributed by atoms with van der Waals surface area (Å²) in [4.78, 5) is 12.0. The Labute approximate surface area is 81.1 Å². The maximum Gasteiger partial charge on any atom is 0.142 e. The van der Waals surface area contributed by atoms with Crippen LogP contribution in [0.15, 0.2) is 0 Å². The SMILES string of the molecule is CCC1(C(=O)C(C)C)CCCNC1. The highest BCUT2D eigenvalue weighted by atomic mass is 16.1. The minimum Gasteiger partial charge on any atom is -0.316 e. The van der Waals surface area contributed by atoms with Crippen molar-refractivity contribution in [1.82, 2.24) is 5.32 Å². The molecule has 1 heterocycles. The highest BCUT2D eigenvalue weighted by Gasteiger charge is 2.38. The first kappa shape index (κ1) is 10.7. The van der Waals surface area contributed by atoms with E-state index in [1.54, 1.807) is 0 Å². The summed E-state index contributed by atoms with van der Waals surface area (Å²) in [6.07, 6.45) is 3.21. The van der Waals surface area contributed by atoms with Gasteiger partial charge in [-0.2, -0.15) is 0 Å². The van der Waals surface area contributed by atoms with E-state index in [4.69, 9.17) is 0 Å². The molecule has 1 rings (SSSR count). The van der Waals surface area contributed by atoms with Crippen molar-refractivity contribution in [1.29, 1.82) is 0 Å².